The van der Waals surface area contributed by atoms with E-state index in [0.717, 1.165) is 25.2 Å². The number of anilines is 2. The number of nitrogens with one attached hydrogen (secondary N) is 1. The number of ether oxygens (including phenoxy) is 2. The van der Waals surface area contributed by atoms with Gasteiger partial charge in [0, 0.05) is 50.0 Å². The van der Waals surface area contributed by atoms with E-state index in [1.165, 1.54) is 5.69 Å². The van der Waals surface area contributed by atoms with E-state index < -0.39 is 0 Å². The number of para-hydroxylation sites is 1. The van der Waals surface area contributed by atoms with Gasteiger partial charge in [-0.1, -0.05) is 18.2 Å². The van der Waals surface area contributed by atoms with Gasteiger partial charge in [0.2, 0.25) is 18.6 Å². The minimum atomic E-state index is -0.324. The second-order valence-corrected chi connectivity index (χ2v) is 8.12. The summed E-state index contributed by atoms with van der Waals surface area (Å²) in [4.78, 5) is 29.3. The largest absolute Gasteiger partial charge is 0.454 e. The second kappa shape index (κ2) is 7.89. The van der Waals surface area contributed by atoms with Crippen LogP contribution in [0.5, 0.6) is 11.5 Å². The summed E-state index contributed by atoms with van der Waals surface area (Å²) in [5, 5.41) is 3.08. The number of carbonyl (C=O) groups is 2. The van der Waals surface area contributed by atoms with Gasteiger partial charge in [-0.05, 0) is 36.6 Å². The summed E-state index contributed by atoms with van der Waals surface area (Å²) in [6.45, 7) is 3.18. The van der Waals surface area contributed by atoms with Gasteiger partial charge in [-0.15, -0.1) is 0 Å². The number of rotatable bonds is 5. The Labute approximate surface area is 175 Å². The molecule has 7 nitrogen and oxygen atoms in total. The topological polar surface area (TPSA) is 71.1 Å². The Morgan fingerprint density at radius 3 is 2.73 bits per heavy atom. The summed E-state index contributed by atoms with van der Waals surface area (Å²) in [6.07, 6.45) is 1.29. The maximum Gasteiger partial charge on any atom is 0.231 e. The first-order valence-corrected chi connectivity index (χ1v) is 10.4. The minimum absolute atomic E-state index is 0.0369. The Morgan fingerprint density at radius 2 is 1.87 bits per heavy atom. The van der Waals surface area contributed by atoms with Gasteiger partial charge < -0.3 is 24.6 Å². The standard InChI is InChI=1S/C23H25N3O4/c27-22-10-17(14-26(22)19-6-7-20-21(11-19)30-15-29-20)23(28)24-12-16-8-9-25(13-16)18-4-2-1-3-5-18/h1-7,11,16-17H,8-10,12-15H2,(H,24,28). The summed E-state index contributed by atoms with van der Waals surface area (Å²) in [5.74, 6) is 1.35. The quantitative estimate of drug-likeness (QED) is 0.824. The average molecular weight is 407 g/mol. The van der Waals surface area contributed by atoms with Crippen LogP contribution >= 0.6 is 0 Å². The number of hydrogen-bond donors (Lipinski definition) is 1. The maximum absolute atomic E-state index is 12.7. The normalized spacial score (nSPS) is 22.6. The van der Waals surface area contributed by atoms with Gasteiger partial charge in [0.15, 0.2) is 11.5 Å². The lowest BCUT2D eigenvalue weighted by Crippen LogP contribution is -2.36. The van der Waals surface area contributed by atoms with Crippen molar-refractivity contribution in [2.45, 2.75) is 12.8 Å². The van der Waals surface area contributed by atoms with E-state index in [2.05, 4.69) is 22.3 Å². The fraction of sp³-hybridized carbons (Fsp3) is 0.391. The van der Waals surface area contributed by atoms with E-state index in [0.29, 0.717) is 30.5 Å². The van der Waals surface area contributed by atoms with Crippen molar-refractivity contribution in [2.75, 3.05) is 42.8 Å². The zero-order valence-electron chi connectivity index (χ0n) is 16.8. The van der Waals surface area contributed by atoms with Crippen LogP contribution in [-0.2, 0) is 9.59 Å². The maximum atomic E-state index is 12.7. The van der Waals surface area contributed by atoms with Crippen molar-refractivity contribution >= 4 is 23.2 Å². The molecule has 2 amide bonds. The van der Waals surface area contributed by atoms with Crippen LogP contribution in [0.1, 0.15) is 12.8 Å². The molecule has 3 aliphatic rings. The van der Waals surface area contributed by atoms with E-state index in [-0.39, 0.29) is 30.9 Å². The van der Waals surface area contributed by atoms with Crippen LogP contribution < -0.4 is 24.6 Å². The van der Waals surface area contributed by atoms with E-state index in [1.807, 2.05) is 24.3 Å². The first-order valence-electron chi connectivity index (χ1n) is 10.4. The second-order valence-electron chi connectivity index (χ2n) is 8.12. The predicted octanol–water partition coefficient (Wildman–Crippen LogP) is 2.41. The zero-order chi connectivity index (χ0) is 20.5. The van der Waals surface area contributed by atoms with Crippen LogP contribution in [0.4, 0.5) is 11.4 Å². The van der Waals surface area contributed by atoms with E-state index >= 15 is 0 Å². The molecule has 3 aliphatic heterocycles. The Morgan fingerprint density at radius 1 is 1.03 bits per heavy atom. The Hall–Kier alpha value is -3.22. The third-order valence-corrected chi connectivity index (χ3v) is 6.14. The molecule has 7 heteroatoms. The third kappa shape index (κ3) is 3.67. The van der Waals surface area contributed by atoms with Crippen molar-refractivity contribution < 1.29 is 19.1 Å². The summed E-state index contributed by atoms with van der Waals surface area (Å²) < 4.78 is 10.7. The molecule has 0 bridgehead atoms. The first kappa shape index (κ1) is 18.8. The number of fused-ring (bicyclic) bond motifs is 1. The molecule has 2 aromatic carbocycles. The summed E-state index contributed by atoms with van der Waals surface area (Å²) >= 11 is 0. The van der Waals surface area contributed by atoms with Crippen molar-refractivity contribution in [1.82, 2.24) is 5.32 Å². The number of nitrogens with zero attached hydrogens (tertiary/aromatic N) is 2. The molecule has 2 saturated heterocycles. The van der Waals surface area contributed by atoms with Crippen LogP contribution in [0.25, 0.3) is 0 Å². The molecule has 156 valence electrons. The fourth-order valence-corrected chi connectivity index (χ4v) is 4.45. The first-order chi connectivity index (χ1) is 14.7. The van der Waals surface area contributed by atoms with Crippen molar-refractivity contribution in [3.8, 4) is 11.5 Å². The van der Waals surface area contributed by atoms with Crippen LogP contribution in [0.15, 0.2) is 48.5 Å². The number of carbonyl (C=O) groups excluding carboxylic acids is 2. The Bertz CT molecular complexity index is 949. The highest BCUT2D eigenvalue weighted by molar-refractivity contribution is 6.00. The molecular weight excluding hydrogens is 382 g/mol. The van der Waals surface area contributed by atoms with Gasteiger partial charge in [0.1, 0.15) is 0 Å². The van der Waals surface area contributed by atoms with Gasteiger partial charge in [0.25, 0.3) is 0 Å². The van der Waals surface area contributed by atoms with E-state index in [9.17, 15) is 9.59 Å². The van der Waals surface area contributed by atoms with Crippen LogP contribution in [0.3, 0.4) is 0 Å². The number of hydrogen-bond acceptors (Lipinski definition) is 5. The third-order valence-electron chi connectivity index (χ3n) is 6.14. The van der Waals surface area contributed by atoms with Crippen LogP contribution in [0, 0.1) is 11.8 Å². The van der Waals surface area contributed by atoms with Crippen LogP contribution in [-0.4, -0.2) is 44.8 Å². The monoisotopic (exact) mass is 407 g/mol. The molecule has 2 fully saturated rings. The Balaban J connectivity index is 1.14. The van der Waals surface area contributed by atoms with Crippen molar-refractivity contribution in [2.24, 2.45) is 11.8 Å². The molecule has 0 saturated carbocycles. The SMILES string of the molecule is O=C(NCC1CCN(c2ccccc2)C1)C1CC(=O)N(c2ccc3c(c2)OCO3)C1. The van der Waals surface area contributed by atoms with Crippen molar-refractivity contribution in [1.29, 1.82) is 0 Å². The summed E-state index contributed by atoms with van der Waals surface area (Å²) in [6, 6.07) is 15.8. The lowest BCUT2D eigenvalue weighted by atomic mass is 10.1. The molecule has 30 heavy (non-hydrogen) atoms. The highest BCUT2D eigenvalue weighted by atomic mass is 16.7. The summed E-state index contributed by atoms with van der Waals surface area (Å²) in [5.41, 5.74) is 1.97. The molecule has 0 aliphatic carbocycles. The van der Waals surface area contributed by atoms with Gasteiger partial charge in [-0.3, -0.25) is 9.59 Å². The zero-order valence-corrected chi connectivity index (χ0v) is 16.8. The Kier molecular flexibility index (Phi) is 4.94. The molecule has 0 spiro atoms. The molecule has 5 rings (SSSR count). The van der Waals surface area contributed by atoms with Crippen molar-refractivity contribution in [3.05, 3.63) is 48.5 Å². The molecular formula is C23H25N3O4. The molecule has 1 N–H and O–H groups in total. The summed E-state index contributed by atoms with van der Waals surface area (Å²) in [7, 11) is 0. The van der Waals surface area contributed by atoms with E-state index in [4.69, 9.17) is 9.47 Å². The van der Waals surface area contributed by atoms with E-state index in [1.54, 1.807) is 17.0 Å². The van der Waals surface area contributed by atoms with Gasteiger partial charge in [0.05, 0.1) is 5.92 Å². The molecule has 0 radical (unpaired) electrons. The van der Waals surface area contributed by atoms with Crippen LogP contribution in [0.2, 0.25) is 0 Å². The fourth-order valence-electron chi connectivity index (χ4n) is 4.45. The van der Waals surface area contributed by atoms with Gasteiger partial charge in [-0.25, -0.2) is 0 Å². The highest BCUT2D eigenvalue weighted by Crippen LogP contribution is 2.37. The lowest BCUT2D eigenvalue weighted by molar-refractivity contribution is -0.126. The smallest absolute Gasteiger partial charge is 0.231 e. The van der Waals surface area contributed by atoms with Gasteiger partial charge >= 0.3 is 0 Å². The molecule has 2 atom stereocenters. The lowest BCUT2D eigenvalue weighted by Gasteiger charge is -2.19. The highest BCUT2D eigenvalue weighted by Gasteiger charge is 2.36. The molecule has 0 aromatic heterocycles. The molecule has 3 heterocycles. The van der Waals surface area contributed by atoms with Crippen molar-refractivity contribution in [3.63, 3.8) is 0 Å². The number of amides is 2. The van der Waals surface area contributed by atoms with Gasteiger partial charge in [-0.2, -0.15) is 0 Å². The minimum Gasteiger partial charge on any atom is -0.454 e. The molecule has 2 unspecified atom stereocenters. The average Bonchev–Trinajstić information content (AvgIpc) is 3.51. The predicted molar refractivity (Wildman–Crippen MR) is 113 cm³/mol. The number of benzene rings is 2. The molecule has 2 aromatic rings.